The molecule has 5 rings (SSSR count). The van der Waals surface area contributed by atoms with Crippen molar-refractivity contribution >= 4 is 27.3 Å². The van der Waals surface area contributed by atoms with Crippen molar-refractivity contribution in [2.24, 2.45) is 0 Å². The lowest BCUT2D eigenvalue weighted by atomic mass is 9.99. The molecule has 0 fully saturated rings. The molecule has 152 valence electrons. The third-order valence-corrected chi connectivity index (χ3v) is 7.77. The van der Waals surface area contributed by atoms with E-state index in [1.165, 1.54) is 4.31 Å². The Labute approximate surface area is 176 Å². The highest BCUT2D eigenvalue weighted by Gasteiger charge is 2.37. The van der Waals surface area contributed by atoms with Crippen molar-refractivity contribution in [1.29, 1.82) is 0 Å². The van der Waals surface area contributed by atoms with Gasteiger partial charge in [-0.25, -0.2) is 8.42 Å². The van der Waals surface area contributed by atoms with Crippen LogP contribution in [-0.4, -0.2) is 27.4 Å². The van der Waals surface area contributed by atoms with Crippen molar-refractivity contribution in [3.05, 3.63) is 77.9 Å². The fraction of sp³-hybridized carbons (Fsp3) is 0.208. The van der Waals surface area contributed by atoms with Crippen molar-refractivity contribution < 1.29 is 13.2 Å². The predicted octanol–water partition coefficient (Wildman–Crippen LogP) is 4.01. The van der Waals surface area contributed by atoms with Crippen LogP contribution in [0.25, 0.3) is 11.1 Å². The highest BCUT2D eigenvalue weighted by atomic mass is 32.2. The number of carbonyl (C=O) groups is 1. The van der Waals surface area contributed by atoms with Gasteiger partial charge in [0.2, 0.25) is 5.91 Å². The van der Waals surface area contributed by atoms with E-state index in [1.54, 1.807) is 17.0 Å². The van der Waals surface area contributed by atoms with Crippen molar-refractivity contribution in [2.45, 2.75) is 24.7 Å². The summed E-state index contributed by atoms with van der Waals surface area (Å²) in [5.74, 6) is -0.214. The third-order valence-electron chi connectivity index (χ3n) is 5.95. The first-order chi connectivity index (χ1) is 14.5. The number of rotatable bonds is 3. The van der Waals surface area contributed by atoms with Crippen LogP contribution in [0.15, 0.2) is 71.6 Å². The van der Waals surface area contributed by atoms with Gasteiger partial charge < -0.3 is 4.90 Å². The Morgan fingerprint density at radius 1 is 0.933 bits per heavy atom. The second-order valence-electron chi connectivity index (χ2n) is 7.64. The van der Waals surface area contributed by atoms with Crippen LogP contribution in [0.1, 0.15) is 18.1 Å². The molecule has 0 aliphatic carbocycles. The van der Waals surface area contributed by atoms with E-state index >= 15 is 0 Å². The maximum atomic E-state index is 13.5. The molecule has 6 heteroatoms. The topological polar surface area (TPSA) is 57.7 Å². The summed E-state index contributed by atoms with van der Waals surface area (Å²) in [5.41, 5.74) is 5.23. The highest BCUT2D eigenvalue weighted by molar-refractivity contribution is 7.93. The van der Waals surface area contributed by atoms with E-state index in [4.69, 9.17) is 0 Å². The molecule has 0 radical (unpaired) electrons. The minimum atomic E-state index is -3.83. The van der Waals surface area contributed by atoms with E-state index in [2.05, 4.69) is 6.92 Å². The molecule has 0 aromatic heterocycles. The fourth-order valence-corrected chi connectivity index (χ4v) is 6.02. The molecule has 1 amide bonds. The molecule has 0 atom stereocenters. The number of carbonyl (C=O) groups excluding carboxylic acids is 1. The number of hydrogen-bond acceptors (Lipinski definition) is 3. The van der Waals surface area contributed by atoms with Crippen molar-refractivity contribution in [2.75, 3.05) is 22.3 Å². The van der Waals surface area contributed by atoms with Gasteiger partial charge in [0.05, 0.1) is 10.6 Å². The number of hydrogen-bond donors (Lipinski definition) is 0. The molecule has 30 heavy (non-hydrogen) atoms. The van der Waals surface area contributed by atoms with E-state index in [-0.39, 0.29) is 17.3 Å². The molecule has 5 nitrogen and oxygen atoms in total. The normalized spacial score (nSPS) is 16.0. The zero-order valence-electron chi connectivity index (χ0n) is 16.7. The maximum absolute atomic E-state index is 13.5. The minimum absolute atomic E-state index is 0.214. The first kappa shape index (κ1) is 18.9. The summed E-state index contributed by atoms with van der Waals surface area (Å²) in [6.45, 7) is 2.42. The smallest absolute Gasteiger partial charge is 0.265 e. The van der Waals surface area contributed by atoms with E-state index in [9.17, 15) is 13.2 Å². The van der Waals surface area contributed by atoms with Crippen LogP contribution in [0.4, 0.5) is 11.4 Å². The zero-order chi connectivity index (χ0) is 20.9. The average Bonchev–Trinajstić information content (AvgIpc) is 3.20. The number of fused-ring (bicyclic) bond motifs is 4. The SMILES string of the molecule is CCc1ccc2c(c1)-c1ccccc1S(=O)(=O)N2CC(=O)N1CCc2ccccc21. The average molecular weight is 419 g/mol. The Bertz CT molecular complexity index is 1270. The van der Waals surface area contributed by atoms with Gasteiger partial charge in [0.15, 0.2) is 0 Å². The van der Waals surface area contributed by atoms with E-state index < -0.39 is 10.0 Å². The monoisotopic (exact) mass is 418 g/mol. The molecular formula is C24H22N2O3S. The van der Waals surface area contributed by atoms with Gasteiger partial charge >= 0.3 is 0 Å². The molecule has 2 heterocycles. The molecule has 0 saturated carbocycles. The Hall–Kier alpha value is -3.12. The number of sulfonamides is 1. The number of nitrogens with zero attached hydrogens (tertiary/aromatic N) is 2. The van der Waals surface area contributed by atoms with Crippen LogP contribution >= 0.6 is 0 Å². The van der Waals surface area contributed by atoms with E-state index in [0.29, 0.717) is 17.8 Å². The van der Waals surface area contributed by atoms with Crippen LogP contribution in [0.2, 0.25) is 0 Å². The molecule has 0 unspecified atom stereocenters. The second-order valence-corrected chi connectivity index (χ2v) is 9.47. The molecule has 0 spiro atoms. The number of amides is 1. The summed E-state index contributed by atoms with van der Waals surface area (Å²) in [6, 6.07) is 20.6. The summed E-state index contributed by atoms with van der Waals surface area (Å²) in [7, 11) is -3.83. The molecule has 3 aromatic carbocycles. The van der Waals surface area contributed by atoms with Gasteiger partial charge in [0.1, 0.15) is 6.54 Å². The largest absolute Gasteiger partial charge is 0.310 e. The molecule has 2 aliphatic heterocycles. The maximum Gasteiger partial charge on any atom is 0.265 e. The van der Waals surface area contributed by atoms with Crippen LogP contribution < -0.4 is 9.21 Å². The van der Waals surface area contributed by atoms with Crippen LogP contribution in [0.3, 0.4) is 0 Å². The van der Waals surface area contributed by atoms with Crippen molar-refractivity contribution in [1.82, 2.24) is 0 Å². The Morgan fingerprint density at radius 3 is 2.53 bits per heavy atom. The summed E-state index contributed by atoms with van der Waals surface area (Å²) < 4.78 is 28.2. The summed E-state index contributed by atoms with van der Waals surface area (Å²) in [4.78, 5) is 15.2. The number of anilines is 2. The van der Waals surface area contributed by atoms with Gasteiger partial charge in [-0.1, -0.05) is 49.4 Å². The Morgan fingerprint density at radius 2 is 1.70 bits per heavy atom. The van der Waals surface area contributed by atoms with Crippen molar-refractivity contribution in [3.63, 3.8) is 0 Å². The molecular weight excluding hydrogens is 396 g/mol. The molecule has 0 bridgehead atoms. The molecule has 3 aromatic rings. The molecule has 2 aliphatic rings. The Balaban J connectivity index is 1.58. The molecule has 0 saturated heterocycles. The van der Waals surface area contributed by atoms with E-state index in [1.807, 2.05) is 54.6 Å². The molecule has 0 N–H and O–H groups in total. The first-order valence-electron chi connectivity index (χ1n) is 10.1. The predicted molar refractivity (Wildman–Crippen MR) is 118 cm³/mol. The van der Waals surface area contributed by atoms with Crippen LogP contribution in [0, 0.1) is 0 Å². The van der Waals surface area contributed by atoms with Crippen LogP contribution in [-0.2, 0) is 27.7 Å². The third kappa shape index (κ3) is 2.82. The second kappa shape index (κ2) is 6.99. The summed E-state index contributed by atoms with van der Waals surface area (Å²) in [5, 5.41) is 0. The lowest BCUT2D eigenvalue weighted by molar-refractivity contribution is -0.117. The lowest BCUT2D eigenvalue weighted by Crippen LogP contribution is -2.44. The summed E-state index contributed by atoms with van der Waals surface area (Å²) in [6.07, 6.45) is 1.64. The quantitative estimate of drug-likeness (QED) is 0.646. The Kier molecular flexibility index (Phi) is 4.40. The van der Waals surface area contributed by atoms with Gasteiger partial charge in [0.25, 0.3) is 10.0 Å². The van der Waals surface area contributed by atoms with Gasteiger partial charge in [0, 0.05) is 23.4 Å². The number of benzene rings is 3. The number of para-hydroxylation sites is 1. The fourth-order valence-electron chi connectivity index (χ4n) is 4.37. The van der Waals surface area contributed by atoms with Gasteiger partial charge in [-0.05, 0) is 48.2 Å². The minimum Gasteiger partial charge on any atom is -0.310 e. The van der Waals surface area contributed by atoms with Crippen molar-refractivity contribution in [3.8, 4) is 11.1 Å². The van der Waals surface area contributed by atoms with Crippen LogP contribution in [0.5, 0.6) is 0 Å². The van der Waals surface area contributed by atoms with E-state index in [0.717, 1.165) is 35.2 Å². The number of aryl methyl sites for hydroxylation is 1. The highest BCUT2D eigenvalue weighted by Crippen LogP contribution is 2.43. The summed E-state index contributed by atoms with van der Waals surface area (Å²) >= 11 is 0. The van der Waals surface area contributed by atoms with Gasteiger partial charge in [-0.15, -0.1) is 0 Å². The standard InChI is InChI=1S/C24H22N2O3S/c1-2-17-11-12-22-20(15-17)19-8-4-6-10-23(19)30(28,29)26(22)16-24(27)25-14-13-18-7-3-5-9-21(18)25/h3-12,15H,2,13-14,16H2,1H3. The lowest BCUT2D eigenvalue weighted by Gasteiger charge is -2.33. The zero-order valence-corrected chi connectivity index (χ0v) is 17.5. The first-order valence-corrected chi connectivity index (χ1v) is 11.6. The van der Waals surface area contributed by atoms with Gasteiger partial charge in [-0.2, -0.15) is 0 Å². The van der Waals surface area contributed by atoms with Gasteiger partial charge in [-0.3, -0.25) is 9.10 Å².